The van der Waals surface area contributed by atoms with Gasteiger partial charge < -0.3 is 9.97 Å². The van der Waals surface area contributed by atoms with Crippen LogP contribution in [0.5, 0.6) is 0 Å². The van der Waals surface area contributed by atoms with E-state index >= 15 is 9.59 Å². The third-order valence-electron chi connectivity index (χ3n) is 14.9. The van der Waals surface area contributed by atoms with Crippen LogP contribution in [0, 0.1) is 3.57 Å². The highest BCUT2D eigenvalue weighted by atomic mass is 127. The van der Waals surface area contributed by atoms with E-state index in [4.69, 9.17) is 9.97 Å². The summed E-state index contributed by atoms with van der Waals surface area (Å²) in [5, 5.41) is 0. The molecule has 3 aromatic heterocycles. The highest BCUT2D eigenvalue weighted by Gasteiger charge is 2.35. The molecule has 0 radical (unpaired) electrons. The Morgan fingerprint density at radius 1 is 0.333 bits per heavy atom. The van der Waals surface area contributed by atoms with Gasteiger partial charge in [-0.3, -0.25) is 9.59 Å². The standard InChI is InChI=1S/C68H75IN4O2/c1-63(2,3)42-29-39(30-43(35-42)64(4,5)6)55-49-23-24-50(70-49)56(40-31-44(65(7,8)9)36-45(32-40)66(10,11)12)52-26-28-54(72-52)58(41-33-46(67(13,14)15)37-47(34-41)68(16,17)18)60-62(75)61(74)59(73-60)57(53-27-25-51(55)71-53)38-19-21-48(69)22-20-38/h19-37,71-72H,1-18H3. The van der Waals surface area contributed by atoms with Crippen LogP contribution in [-0.2, 0) is 32.5 Å². The van der Waals surface area contributed by atoms with E-state index in [2.05, 4.69) is 236 Å². The number of fused-ring (bicyclic) bond motifs is 8. The fraction of sp³-hybridized carbons (Fsp3) is 0.353. The van der Waals surface area contributed by atoms with E-state index < -0.39 is 11.6 Å². The molecule has 0 atom stereocenters. The molecule has 0 amide bonds. The zero-order chi connectivity index (χ0) is 54.7. The first-order chi connectivity index (χ1) is 34.7. The number of halogens is 1. The summed E-state index contributed by atoms with van der Waals surface area (Å²) in [6.07, 6.45) is 4.32. The first-order valence-electron chi connectivity index (χ1n) is 26.5. The van der Waals surface area contributed by atoms with Crippen LogP contribution in [0.2, 0.25) is 0 Å². The molecule has 386 valence electrons. The quantitative estimate of drug-likeness (QED) is 0.136. The zero-order valence-corrected chi connectivity index (χ0v) is 49.7. The second-order valence-corrected chi connectivity index (χ2v) is 28.4. The number of nitrogens with zero attached hydrogens (tertiary/aromatic N) is 2. The number of nitrogens with one attached hydrogen (secondary N) is 2. The summed E-state index contributed by atoms with van der Waals surface area (Å²) >= 11 is 2.30. The van der Waals surface area contributed by atoms with Crippen LogP contribution in [0.15, 0.2) is 103 Å². The summed E-state index contributed by atoms with van der Waals surface area (Å²) in [6, 6.07) is 36.9. The van der Waals surface area contributed by atoms with Crippen LogP contribution in [0.25, 0.3) is 78.7 Å². The average Bonchev–Trinajstić information content (AvgIpc) is 4.13. The van der Waals surface area contributed by atoms with Gasteiger partial charge in [0.15, 0.2) is 0 Å². The number of H-pyrrole nitrogens is 2. The van der Waals surface area contributed by atoms with E-state index in [1.807, 2.05) is 36.4 Å². The third kappa shape index (κ3) is 10.6. The van der Waals surface area contributed by atoms with Crippen molar-refractivity contribution in [1.82, 2.24) is 19.9 Å². The molecule has 7 aromatic rings. The van der Waals surface area contributed by atoms with Crippen molar-refractivity contribution in [3.63, 3.8) is 0 Å². The van der Waals surface area contributed by atoms with Crippen molar-refractivity contribution in [1.29, 1.82) is 0 Å². The molecule has 2 N–H and O–H groups in total. The van der Waals surface area contributed by atoms with Gasteiger partial charge in [-0.1, -0.05) is 191 Å². The van der Waals surface area contributed by atoms with Crippen molar-refractivity contribution in [2.45, 2.75) is 157 Å². The van der Waals surface area contributed by atoms with Gasteiger partial charge in [0.2, 0.25) is 0 Å². The van der Waals surface area contributed by atoms with Crippen molar-refractivity contribution in [3.05, 3.63) is 163 Å². The van der Waals surface area contributed by atoms with E-state index in [-0.39, 0.29) is 43.9 Å². The summed E-state index contributed by atoms with van der Waals surface area (Å²) in [4.78, 5) is 49.1. The molecular formula is C68H75IN4O2. The van der Waals surface area contributed by atoms with Gasteiger partial charge in [0.05, 0.1) is 11.4 Å². The van der Waals surface area contributed by atoms with E-state index in [0.29, 0.717) is 22.2 Å². The van der Waals surface area contributed by atoms with Gasteiger partial charge in [-0.2, -0.15) is 0 Å². The van der Waals surface area contributed by atoms with Crippen molar-refractivity contribution in [2.75, 3.05) is 0 Å². The van der Waals surface area contributed by atoms with Crippen molar-refractivity contribution >= 4 is 68.4 Å². The van der Waals surface area contributed by atoms with Crippen molar-refractivity contribution in [3.8, 4) is 44.5 Å². The molecule has 7 heteroatoms. The fourth-order valence-electron chi connectivity index (χ4n) is 10.0. The Labute approximate surface area is 459 Å². The Morgan fingerprint density at radius 2 is 0.600 bits per heavy atom. The lowest BCUT2D eigenvalue weighted by molar-refractivity contribution is 0.0826. The Bertz CT molecular complexity index is 3590. The minimum absolute atomic E-state index is 0.102. The Morgan fingerprint density at radius 3 is 0.893 bits per heavy atom. The molecule has 4 aromatic carbocycles. The van der Waals surface area contributed by atoms with Gasteiger partial charge >= 0.3 is 0 Å². The maximum absolute atomic E-state index is 15.2. The van der Waals surface area contributed by atoms with Crippen LogP contribution in [0.3, 0.4) is 0 Å². The molecule has 8 bridgehead atoms. The highest BCUT2D eigenvalue weighted by Crippen LogP contribution is 2.44. The molecule has 0 fully saturated rings. The maximum atomic E-state index is 15.2. The molecule has 75 heavy (non-hydrogen) atoms. The SMILES string of the molecule is CC(C)(C)c1cc(-c2c3nc(c(-c4cc(C(C)(C)C)cc(C(C)(C)C)c4)c4ccc([nH]4)c(-c4cc(C(C)(C)C)cc(C(C)(C)C)c4)c4nc(c(-c5ccc(I)cc5)c5ccc2[nH]5)C(=O)C4=O)C=C3)cc(C(C)(C)C)c1. The van der Waals surface area contributed by atoms with Gasteiger partial charge in [-0.25, -0.2) is 9.97 Å². The molecule has 0 saturated heterocycles. The fourth-order valence-corrected chi connectivity index (χ4v) is 10.4. The molecule has 0 spiro atoms. The Balaban J connectivity index is 1.56. The zero-order valence-electron chi connectivity index (χ0n) is 47.6. The largest absolute Gasteiger partial charge is 0.354 e. The number of carbonyl (C=O) groups excluding carboxylic acids is 2. The molecular weight excluding hydrogens is 1030 g/mol. The third-order valence-corrected chi connectivity index (χ3v) is 15.6. The van der Waals surface area contributed by atoms with Crippen LogP contribution in [0.1, 0.15) is 190 Å². The highest BCUT2D eigenvalue weighted by molar-refractivity contribution is 14.1. The summed E-state index contributed by atoms with van der Waals surface area (Å²) in [7, 11) is 0. The molecule has 5 heterocycles. The predicted molar refractivity (Wildman–Crippen MR) is 325 cm³/mol. The number of carbonyl (C=O) groups is 2. The van der Waals surface area contributed by atoms with Crippen LogP contribution in [-0.4, -0.2) is 31.5 Å². The van der Waals surface area contributed by atoms with Crippen LogP contribution < -0.4 is 0 Å². The van der Waals surface area contributed by atoms with Gasteiger partial charge in [0.1, 0.15) is 11.4 Å². The molecule has 6 nitrogen and oxygen atoms in total. The van der Waals surface area contributed by atoms with Gasteiger partial charge in [-0.15, -0.1) is 0 Å². The lowest BCUT2D eigenvalue weighted by Crippen LogP contribution is -2.17. The second kappa shape index (κ2) is 18.5. The number of aromatic amines is 2. The maximum Gasteiger partial charge on any atom is 0.254 e. The number of rotatable bonds is 4. The Kier molecular flexibility index (Phi) is 13.2. The van der Waals surface area contributed by atoms with Crippen LogP contribution >= 0.6 is 22.6 Å². The summed E-state index contributed by atoms with van der Waals surface area (Å²) in [6.45, 7) is 40.4. The first-order valence-corrected chi connectivity index (χ1v) is 27.6. The van der Waals surface area contributed by atoms with Crippen molar-refractivity contribution < 1.29 is 9.59 Å². The number of benzene rings is 4. The van der Waals surface area contributed by atoms with E-state index in [9.17, 15) is 0 Å². The van der Waals surface area contributed by atoms with E-state index in [0.717, 1.165) is 70.5 Å². The van der Waals surface area contributed by atoms with Crippen LogP contribution in [0.4, 0.5) is 0 Å². The van der Waals surface area contributed by atoms with Crippen molar-refractivity contribution in [2.24, 2.45) is 0 Å². The number of hydrogen-bond donors (Lipinski definition) is 2. The average molecular weight is 1110 g/mol. The summed E-state index contributed by atoms with van der Waals surface area (Å²) in [5.41, 5.74) is 17.5. The summed E-state index contributed by atoms with van der Waals surface area (Å²) in [5.74, 6) is -1.29. The second-order valence-electron chi connectivity index (χ2n) is 27.2. The van der Waals surface area contributed by atoms with Gasteiger partial charge in [0, 0.05) is 47.9 Å². The predicted octanol–water partition coefficient (Wildman–Crippen LogP) is 18.6. The molecule has 0 aliphatic carbocycles. The lowest BCUT2D eigenvalue weighted by atomic mass is 9.78. The molecule has 2 aliphatic rings. The first kappa shape index (κ1) is 53.6. The number of aromatic nitrogens is 4. The Hall–Kier alpha value is -6.19. The minimum Gasteiger partial charge on any atom is -0.354 e. The summed E-state index contributed by atoms with van der Waals surface area (Å²) < 4.78 is 1.05. The monoisotopic (exact) mass is 1110 g/mol. The molecule has 0 saturated carbocycles. The number of Topliss-reactive ketones (excluding diaryl/α,β-unsaturated/α-hetero) is 2. The van der Waals surface area contributed by atoms with Gasteiger partial charge in [0.25, 0.3) is 11.6 Å². The van der Waals surface area contributed by atoms with E-state index in [1.54, 1.807) is 0 Å². The lowest BCUT2D eigenvalue weighted by Gasteiger charge is -2.26. The van der Waals surface area contributed by atoms with Gasteiger partial charge in [-0.05, 0) is 159 Å². The minimum atomic E-state index is -0.647. The molecule has 9 rings (SSSR count). The molecule has 2 aliphatic heterocycles. The molecule has 0 unspecified atom stereocenters. The number of ketones is 2. The number of hydrogen-bond acceptors (Lipinski definition) is 4. The normalized spacial score (nSPS) is 13.8. The topological polar surface area (TPSA) is 91.5 Å². The van der Waals surface area contributed by atoms with E-state index in [1.165, 1.54) is 22.3 Å². The smallest absolute Gasteiger partial charge is 0.254 e.